The normalized spacial score (nSPS) is 12.5. The van der Waals surface area contributed by atoms with Gasteiger partial charge in [0.2, 0.25) is 0 Å². The lowest BCUT2D eigenvalue weighted by molar-refractivity contribution is -0.119. The van der Waals surface area contributed by atoms with E-state index in [0.29, 0.717) is 21.4 Å². The fourth-order valence-corrected chi connectivity index (χ4v) is 4.13. The Morgan fingerprint density at radius 2 is 1.59 bits per heavy atom. The van der Waals surface area contributed by atoms with Gasteiger partial charge in [-0.1, -0.05) is 35.3 Å². The number of esters is 1. The highest BCUT2D eigenvalue weighted by atomic mass is 35.5. The number of hydrogen-bond acceptors (Lipinski definition) is 5. The van der Waals surface area contributed by atoms with E-state index in [2.05, 4.69) is 5.32 Å². The predicted molar refractivity (Wildman–Crippen MR) is 129 cm³/mol. The van der Waals surface area contributed by atoms with Gasteiger partial charge in [-0.05, 0) is 67.4 Å². The van der Waals surface area contributed by atoms with Crippen LogP contribution < -0.4 is 10.2 Å². The molecule has 0 spiro atoms. The monoisotopic (exact) mass is 496 g/mol. The number of nitrogens with one attached hydrogen (secondary N) is 1. The van der Waals surface area contributed by atoms with Crippen LogP contribution in [0.25, 0.3) is 0 Å². The molecular formula is C25H18Cl2N2O5. The van der Waals surface area contributed by atoms with Crippen LogP contribution >= 0.6 is 23.2 Å². The Balaban J connectivity index is 1.47. The Morgan fingerprint density at radius 3 is 2.29 bits per heavy atom. The van der Waals surface area contributed by atoms with Crippen LogP contribution in [0.15, 0.2) is 54.6 Å². The van der Waals surface area contributed by atoms with Gasteiger partial charge in [-0.15, -0.1) is 0 Å². The molecule has 1 aliphatic heterocycles. The zero-order valence-corrected chi connectivity index (χ0v) is 19.7. The van der Waals surface area contributed by atoms with Gasteiger partial charge in [0.05, 0.1) is 22.4 Å². The molecule has 3 amide bonds. The maximum atomic E-state index is 13.0. The summed E-state index contributed by atoms with van der Waals surface area (Å²) in [4.78, 5) is 51.7. The molecule has 3 aromatic rings. The fourth-order valence-electron chi connectivity index (χ4n) is 3.60. The van der Waals surface area contributed by atoms with Crippen LogP contribution in [0.2, 0.25) is 10.0 Å². The number of halogens is 2. The van der Waals surface area contributed by atoms with E-state index < -0.39 is 30.3 Å². The number of aryl methyl sites for hydroxylation is 1. The largest absolute Gasteiger partial charge is 0.452 e. The maximum Gasteiger partial charge on any atom is 0.338 e. The summed E-state index contributed by atoms with van der Waals surface area (Å²) < 4.78 is 5.06. The van der Waals surface area contributed by atoms with Gasteiger partial charge < -0.3 is 10.1 Å². The van der Waals surface area contributed by atoms with E-state index in [0.717, 1.165) is 16.0 Å². The van der Waals surface area contributed by atoms with Crippen molar-refractivity contribution in [3.63, 3.8) is 0 Å². The van der Waals surface area contributed by atoms with Crippen molar-refractivity contribution < 1.29 is 23.9 Å². The van der Waals surface area contributed by atoms with Crippen LogP contribution in [0.5, 0.6) is 0 Å². The first-order valence-electron chi connectivity index (χ1n) is 10.2. The van der Waals surface area contributed by atoms with Gasteiger partial charge in [0.15, 0.2) is 6.61 Å². The fraction of sp³-hybridized carbons (Fsp3) is 0.120. The molecule has 1 aliphatic rings. The van der Waals surface area contributed by atoms with Gasteiger partial charge >= 0.3 is 5.97 Å². The summed E-state index contributed by atoms with van der Waals surface area (Å²) in [5.41, 5.74) is 2.93. The van der Waals surface area contributed by atoms with Crippen molar-refractivity contribution >= 4 is 58.3 Å². The number of carbonyl (C=O) groups excluding carboxylic acids is 4. The summed E-state index contributed by atoms with van der Waals surface area (Å²) >= 11 is 11.8. The number of fused-ring (bicyclic) bond motifs is 1. The van der Waals surface area contributed by atoms with Gasteiger partial charge in [-0.25, -0.2) is 9.69 Å². The second-order valence-electron chi connectivity index (χ2n) is 7.71. The molecule has 7 nitrogen and oxygen atoms in total. The zero-order chi connectivity index (χ0) is 24.6. The first-order chi connectivity index (χ1) is 16.2. The molecule has 3 aromatic carbocycles. The third-order valence-corrected chi connectivity index (χ3v) is 5.86. The summed E-state index contributed by atoms with van der Waals surface area (Å²) in [6.45, 7) is 3.16. The topological polar surface area (TPSA) is 92.8 Å². The summed E-state index contributed by atoms with van der Waals surface area (Å²) in [5, 5.41) is 3.21. The number of imide groups is 1. The summed E-state index contributed by atoms with van der Waals surface area (Å²) in [6.07, 6.45) is 0. The Hall–Kier alpha value is -3.68. The molecule has 4 rings (SSSR count). The SMILES string of the molecule is Cc1cccc(N2C(=O)c3ccc(C(=O)OCC(=O)Nc4cc(Cl)cc(Cl)c4)cc3C2=O)c1C. The number of amides is 3. The quantitative estimate of drug-likeness (QED) is 0.386. The van der Waals surface area contributed by atoms with Crippen LogP contribution in [0.1, 0.15) is 42.2 Å². The Bertz CT molecular complexity index is 1350. The smallest absolute Gasteiger partial charge is 0.338 e. The summed E-state index contributed by atoms with van der Waals surface area (Å²) in [6, 6.07) is 14.0. The third kappa shape index (κ3) is 4.53. The van der Waals surface area contributed by atoms with E-state index in [1.807, 2.05) is 19.9 Å². The molecule has 0 aromatic heterocycles. The molecule has 0 radical (unpaired) electrons. The van der Waals surface area contributed by atoms with Crippen molar-refractivity contribution in [3.05, 3.63) is 92.5 Å². The molecule has 0 atom stereocenters. The standard InChI is InChI=1S/C25H18Cl2N2O5/c1-13-4-3-5-21(14(13)2)29-23(31)19-7-6-15(8-20(19)24(29)32)25(33)34-12-22(30)28-18-10-16(26)9-17(27)11-18/h3-11H,12H2,1-2H3,(H,28,30). The number of carbonyl (C=O) groups is 4. The number of ether oxygens (including phenoxy) is 1. The van der Waals surface area contributed by atoms with Crippen molar-refractivity contribution in [1.29, 1.82) is 0 Å². The second-order valence-corrected chi connectivity index (χ2v) is 8.58. The summed E-state index contributed by atoms with van der Waals surface area (Å²) in [7, 11) is 0. The van der Waals surface area contributed by atoms with E-state index in [1.165, 1.54) is 36.4 Å². The van der Waals surface area contributed by atoms with Crippen molar-refractivity contribution in [2.24, 2.45) is 0 Å². The van der Waals surface area contributed by atoms with Crippen molar-refractivity contribution in [2.45, 2.75) is 13.8 Å². The van der Waals surface area contributed by atoms with Crippen molar-refractivity contribution in [2.75, 3.05) is 16.8 Å². The molecule has 0 fully saturated rings. The van der Waals surface area contributed by atoms with E-state index >= 15 is 0 Å². The van der Waals surface area contributed by atoms with Gasteiger partial charge in [-0.3, -0.25) is 14.4 Å². The van der Waals surface area contributed by atoms with Crippen LogP contribution in [-0.2, 0) is 9.53 Å². The highest BCUT2D eigenvalue weighted by molar-refractivity contribution is 6.35. The molecule has 0 saturated heterocycles. The van der Waals surface area contributed by atoms with Gasteiger partial charge in [0.25, 0.3) is 17.7 Å². The lowest BCUT2D eigenvalue weighted by Gasteiger charge is -2.17. The molecule has 0 aliphatic carbocycles. The van der Waals surface area contributed by atoms with Crippen LogP contribution in [0.4, 0.5) is 11.4 Å². The average molecular weight is 497 g/mol. The number of benzene rings is 3. The Labute approximate surface area is 205 Å². The minimum atomic E-state index is -0.812. The molecular weight excluding hydrogens is 479 g/mol. The molecule has 1 N–H and O–H groups in total. The molecule has 172 valence electrons. The first-order valence-corrected chi connectivity index (χ1v) is 10.9. The molecule has 9 heteroatoms. The Morgan fingerprint density at radius 1 is 0.912 bits per heavy atom. The number of nitrogens with zero attached hydrogens (tertiary/aromatic N) is 1. The lowest BCUT2D eigenvalue weighted by atomic mass is 10.1. The molecule has 0 saturated carbocycles. The Kier molecular flexibility index (Phi) is 6.41. The number of hydrogen-bond donors (Lipinski definition) is 1. The van der Waals surface area contributed by atoms with E-state index in [9.17, 15) is 19.2 Å². The molecule has 0 bridgehead atoms. The maximum absolute atomic E-state index is 13.0. The minimum absolute atomic E-state index is 0.0429. The van der Waals surface area contributed by atoms with E-state index in [1.54, 1.807) is 12.1 Å². The molecule has 1 heterocycles. The second kappa shape index (κ2) is 9.29. The molecule has 34 heavy (non-hydrogen) atoms. The molecule has 0 unspecified atom stereocenters. The van der Waals surface area contributed by atoms with Crippen molar-refractivity contribution in [1.82, 2.24) is 0 Å². The number of rotatable bonds is 5. The van der Waals surface area contributed by atoms with Gasteiger partial charge in [0, 0.05) is 15.7 Å². The predicted octanol–water partition coefficient (Wildman–Crippen LogP) is 5.21. The highest BCUT2D eigenvalue weighted by Crippen LogP contribution is 2.32. The first kappa shape index (κ1) is 23.5. The van der Waals surface area contributed by atoms with Crippen LogP contribution in [0, 0.1) is 13.8 Å². The number of anilines is 2. The van der Waals surface area contributed by atoms with Crippen LogP contribution in [-0.4, -0.2) is 30.3 Å². The van der Waals surface area contributed by atoms with E-state index in [-0.39, 0.29) is 16.7 Å². The zero-order valence-electron chi connectivity index (χ0n) is 18.1. The minimum Gasteiger partial charge on any atom is -0.452 e. The highest BCUT2D eigenvalue weighted by Gasteiger charge is 2.38. The van der Waals surface area contributed by atoms with Gasteiger partial charge in [0.1, 0.15) is 0 Å². The van der Waals surface area contributed by atoms with Gasteiger partial charge in [-0.2, -0.15) is 0 Å². The van der Waals surface area contributed by atoms with Crippen LogP contribution in [0.3, 0.4) is 0 Å². The lowest BCUT2D eigenvalue weighted by Crippen LogP contribution is -2.30. The average Bonchev–Trinajstić information content (AvgIpc) is 3.03. The third-order valence-electron chi connectivity index (χ3n) is 5.42. The van der Waals surface area contributed by atoms with E-state index in [4.69, 9.17) is 27.9 Å². The summed E-state index contributed by atoms with van der Waals surface area (Å²) in [5.74, 6) is -2.40. The van der Waals surface area contributed by atoms with Crippen molar-refractivity contribution in [3.8, 4) is 0 Å².